The number of nitrogens with one attached hydrogen (secondary N) is 3. The fourth-order valence-electron chi connectivity index (χ4n) is 4.15. The van der Waals surface area contributed by atoms with Gasteiger partial charge in [0.25, 0.3) is 0 Å². The second-order valence-electron chi connectivity index (χ2n) is 10.2. The normalized spacial score (nSPS) is 12.6. The van der Waals surface area contributed by atoms with E-state index in [1.807, 2.05) is 68.6 Å². The minimum atomic E-state index is -3.58. The molecule has 0 spiro atoms. The summed E-state index contributed by atoms with van der Waals surface area (Å²) in [5.41, 5.74) is 3.14. The Bertz CT molecular complexity index is 1380. The van der Waals surface area contributed by atoms with Crippen molar-refractivity contribution in [3.8, 4) is 5.75 Å². The third-order valence-corrected chi connectivity index (χ3v) is 7.46. The molecule has 3 rings (SSSR count). The van der Waals surface area contributed by atoms with E-state index in [4.69, 9.17) is 0 Å². The molecule has 0 radical (unpaired) electrons. The molecule has 0 unspecified atom stereocenters. The Morgan fingerprint density at radius 3 is 2.36 bits per heavy atom. The first kappa shape index (κ1) is 30.5. The number of sulfonamides is 1. The van der Waals surface area contributed by atoms with Crippen molar-refractivity contribution in [1.82, 2.24) is 10.6 Å². The molecule has 0 heterocycles. The van der Waals surface area contributed by atoms with Crippen molar-refractivity contribution in [3.63, 3.8) is 0 Å². The highest BCUT2D eigenvalue weighted by Crippen LogP contribution is 2.28. The number of benzene rings is 3. The predicted octanol–water partition coefficient (Wildman–Crippen LogP) is 3.99. The van der Waals surface area contributed by atoms with E-state index in [1.165, 1.54) is 17.0 Å². The van der Waals surface area contributed by atoms with Gasteiger partial charge in [-0.1, -0.05) is 42.5 Å². The molecule has 0 aliphatic heterocycles. The Morgan fingerprint density at radius 1 is 1.00 bits per heavy atom. The van der Waals surface area contributed by atoms with E-state index in [0.717, 1.165) is 22.9 Å². The second-order valence-corrected chi connectivity index (χ2v) is 12.9. The molecule has 210 valence electrons. The lowest BCUT2D eigenvalue weighted by Gasteiger charge is -2.28. The van der Waals surface area contributed by atoms with Crippen LogP contribution in [0.15, 0.2) is 71.6 Å². The number of carbonyl (C=O) groups excluding carboxylic acids is 1. The SMILES string of the molecule is CSc1ccc(CNC(=O)Cc2cccc(CC(C)(C)NC[C@H](O)c3ccc(O)c(NS(C)(=O)=O)c3)c2)cc1. The number of carbonyl (C=O) groups is 1. The molecule has 1 amide bonds. The van der Waals surface area contributed by atoms with Gasteiger partial charge in [-0.3, -0.25) is 9.52 Å². The van der Waals surface area contributed by atoms with E-state index in [1.54, 1.807) is 17.8 Å². The van der Waals surface area contributed by atoms with Crippen LogP contribution in [0.25, 0.3) is 0 Å². The van der Waals surface area contributed by atoms with Crippen molar-refractivity contribution < 1.29 is 23.4 Å². The van der Waals surface area contributed by atoms with Gasteiger partial charge in [-0.05, 0) is 73.0 Å². The fourth-order valence-corrected chi connectivity index (χ4v) is 5.12. The van der Waals surface area contributed by atoms with Gasteiger partial charge in [0.2, 0.25) is 15.9 Å². The van der Waals surface area contributed by atoms with Crippen molar-refractivity contribution in [1.29, 1.82) is 0 Å². The molecule has 0 aromatic heterocycles. The molecule has 3 aromatic carbocycles. The standard InChI is InChI=1S/C29H37N3O5S2/c1-29(2,31-19-27(34)23-10-13-26(33)25(16-23)32-39(4,36)37)17-22-7-5-6-21(14-22)15-28(35)30-18-20-8-11-24(38-3)12-9-20/h5-14,16,27,31-34H,15,17-19H2,1-4H3,(H,30,35)/t27-/m0/s1. The van der Waals surface area contributed by atoms with Crippen molar-refractivity contribution in [2.45, 2.75) is 49.8 Å². The van der Waals surface area contributed by atoms with E-state index < -0.39 is 16.1 Å². The summed E-state index contributed by atoms with van der Waals surface area (Å²) in [5, 5.41) is 27.0. The Balaban J connectivity index is 1.54. The first-order chi connectivity index (χ1) is 18.3. The monoisotopic (exact) mass is 571 g/mol. The number of anilines is 1. The van der Waals surface area contributed by atoms with Crippen molar-refractivity contribution in [2.75, 3.05) is 23.8 Å². The number of β-amino-alcohol motifs (C(OH)–C–C–N with tert-alkyl or cyclic N) is 1. The molecule has 8 nitrogen and oxygen atoms in total. The topological polar surface area (TPSA) is 128 Å². The van der Waals surface area contributed by atoms with Gasteiger partial charge in [0, 0.05) is 23.5 Å². The number of rotatable bonds is 13. The molecule has 0 aliphatic carbocycles. The maximum absolute atomic E-state index is 12.5. The summed E-state index contributed by atoms with van der Waals surface area (Å²) in [6.45, 7) is 4.75. The average Bonchev–Trinajstić information content (AvgIpc) is 2.87. The third-order valence-electron chi connectivity index (χ3n) is 6.13. The summed E-state index contributed by atoms with van der Waals surface area (Å²) in [4.78, 5) is 13.7. The number of aliphatic hydroxyl groups is 1. The highest BCUT2D eigenvalue weighted by molar-refractivity contribution is 7.98. The summed E-state index contributed by atoms with van der Waals surface area (Å²) in [7, 11) is -3.58. The lowest BCUT2D eigenvalue weighted by Crippen LogP contribution is -2.43. The van der Waals surface area contributed by atoms with Gasteiger partial charge in [0.15, 0.2) is 0 Å². The molecule has 1 atom stereocenters. The zero-order chi connectivity index (χ0) is 28.6. The average molecular weight is 572 g/mol. The minimum Gasteiger partial charge on any atom is -0.506 e. The Morgan fingerprint density at radius 2 is 1.69 bits per heavy atom. The highest BCUT2D eigenvalue weighted by Gasteiger charge is 2.21. The summed E-state index contributed by atoms with van der Waals surface area (Å²) < 4.78 is 25.3. The van der Waals surface area contributed by atoms with Crippen molar-refractivity contribution >= 4 is 33.4 Å². The van der Waals surface area contributed by atoms with Crippen molar-refractivity contribution in [2.24, 2.45) is 0 Å². The first-order valence-electron chi connectivity index (χ1n) is 12.5. The zero-order valence-corrected chi connectivity index (χ0v) is 24.3. The summed E-state index contributed by atoms with van der Waals surface area (Å²) in [6.07, 6.45) is 3.05. The van der Waals surface area contributed by atoms with E-state index >= 15 is 0 Å². The van der Waals surface area contributed by atoms with Gasteiger partial charge in [-0.25, -0.2) is 8.42 Å². The van der Waals surface area contributed by atoms with E-state index in [9.17, 15) is 23.4 Å². The number of hydrogen-bond acceptors (Lipinski definition) is 7. The fraction of sp³-hybridized carbons (Fsp3) is 0.345. The number of amides is 1. The van der Waals surface area contributed by atoms with Crippen molar-refractivity contribution in [3.05, 3.63) is 89.0 Å². The second kappa shape index (κ2) is 13.3. The molecule has 5 N–H and O–H groups in total. The Labute approximate surface area is 235 Å². The Kier molecular flexibility index (Phi) is 10.4. The van der Waals surface area contributed by atoms with Gasteiger partial charge in [0.1, 0.15) is 5.75 Å². The van der Waals surface area contributed by atoms with Crippen LogP contribution in [-0.2, 0) is 34.2 Å². The summed E-state index contributed by atoms with van der Waals surface area (Å²) >= 11 is 1.68. The lowest BCUT2D eigenvalue weighted by atomic mass is 9.93. The zero-order valence-electron chi connectivity index (χ0n) is 22.7. The third kappa shape index (κ3) is 10.2. The molecule has 39 heavy (non-hydrogen) atoms. The quantitative estimate of drug-likeness (QED) is 0.155. The van der Waals surface area contributed by atoms with E-state index in [2.05, 4.69) is 15.4 Å². The van der Waals surface area contributed by atoms with Crippen LogP contribution in [0.1, 0.15) is 42.2 Å². The number of phenols is 1. The van der Waals surface area contributed by atoms with Crippen LogP contribution in [0.2, 0.25) is 0 Å². The van der Waals surface area contributed by atoms with Gasteiger partial charge in [0.05, 0.1) is 24.5 Å². The van der Waals surface area contributed by atoms with Crippen LogP contribution in [0.5, 0.6) is 5.75 Å². The predicted molar refractivity (Wildman–Crippen MR) is 158 cm³/mol. The largest absolute Gasteiger partial charge is 0.506 e. The molecule has 3 aromatic rings. The smallest absolute Gasteiger partial charge is 0.229 e. The van der Waals surface area contributed by atoms with Gasteiger partial charge in [-0.2, -0.15) is 0 Å². The van der Waals surface area contributed by atoms with Crippen LogP contribution in [0, 0.1) is 0 Å². The van der Waals surface area contributed by atoms with Crippen LogP contribution >= 0.6 is 11.8 Å². The molecule has 0 aliphatic rings. The van der Waals surface area contributed by atoms with E-state index in [0.29, 0.717) is 18.5 Å². The van der Waals surface area contributed by atoms with Crippen LogP contribution < -0.4 is 15.4 Å². The van der Waals surface area contributed by atoms with Gasteiger partial charge >= 0.3 is 0 Å². The number of hydrogen-bond donors (Lipinski definition) is 5. The summed E-state index contributed by atoms with van der Waals surface area (Å²) in [6, 6.07) is 20.4. The number of phenolic OH excluding ortho intramolecular Hbond substituents is 1. The number of aliphatic hydroxyl groups excluding tert-OH is 1. The molecule has 10 heteroatoms. The van der Waals surface area contributed by atoms with Gasteiger partial charge < -0.3 is 20.8 Å². The van der Waals surface area contributed by atoms with Crippen LogP contribution in [-0.4, -0.2) is 49.1 Å². The van der Waals surface area contributed by atoms with Gasteiger partial charge in [-0.15, -0.1) is 11.8 Å². The lowest BCUT2D eigenvalue weighted by molar-refractivity contribution is -0.120. The highest BCUT2D eigenvalue weighted by atomic mass is 32.2. The van der Waals surface area contributed by atoms with E-state index in [-0.39, 0.29) is 35.8 Å². The Hall–Kier alpha value is -3.05. The molecule has 0 saturated heterocycles. The maximum atomic E-state index is 12.5. The molecule has 0 fully saturated rings. The summed E-state index contributed by atoms with van der Waals surface area (Å²) in [5.74, 6) is -0.261. The minimum absolute atomic E-state index is 0.0164. The molecular formula is C29H37N3O5S2. The van der Waals surface area contributed by atoms with Crippen LogP contribution in [0.3, 0.4) is 0 Å². The number of aromatic hydroxyl groups is 1. The first-order valence-corrected chi connectivity index (χ1v) is 15.7. The molecule has 0 bridgehead atoms. The van der Waals surface area contributed by atoms with Crippen LogP contribution in [0.4, 0.5) is 5.69 Å². The number of thioether (sulfide) groups is 1. The maximum Gasteiger partial charge on any atom is 0.229 e. The molecule has 0 saturated carbocycles. The molecular weight excluding hydrogens is 534 g/mol.